The fourth-order valence-electron chi connectivity index (χ4n) is 3.87. The highest BCUT2D eigenvalue weighted by molar-refractivity contribution is 7.91. The molecule has 2 aromatic rings. The van der Waals surface area contributed by atoms with Crippen LogP contribution in [0.3, 0.4) is 0 Å². The Morgan fingerprint density at radius 1 is 1.11 bits per heavy atom. The number of hydrogen-bond donors (Lipinski definition) is 0. The van der Waals surface area contributed by atoms with Gasteiger partial charge in [-0.1, -0.05) is 30.3 Å². The van der Waals surface area contributed by atoms with Gasteiger partial charge in [0.2, 0.25) is 0 Å². The second-order valence-electron chi connectivity index (χ2n) is 7.30. The third kappa shape index (κ3) is 4.22. The van der Waals surface area contributed by atoms with Crippen molar-refractivity contribution < 1.29 is 13.2 Å². The molecule has 4 rings (SSSR count). The van der Waals surface area contributed by atoms with Crippen molar-refractivity contribution in [3.63, 3.8) is 0 Å². The van der Waals surface area contributed by atoms with Crippen molar-refractivity contribution >= 4 is 15.7 Å². The van der Waals surface area contributed by atoms with E-state index in [4.69, 9.17) is 0 Å². The van der Waals surface area contributed by atoms with Crippen LogP contribution in [0, 0.1) is 0 Å². The highest BCUT2D eigenvalue weighted by atomic mass is 32.2. The van der Waals surface area contributed by atoms with Crippen molar-refractivity contribution in [2.75, 3.05) is 37.7 Å². The van der Waals surface area contributed by atoms with E-state index in [0.29, 0.717) is 31.6 Å². The van der Waals surface area contributed by atoms with Crippen molar-refractivity contribution in [2.24, 2.45) is 0 Å². The average Bonchev–Trinajstić information content (AvgIpc) is 3.28. The molecule has 2 saturated heterocycles. The molecule has 27 heavy (non-hydrogen) atoms. The summed E-state index contributed by atoms with van der Waals surface area (Å²) in [7, 11) is -2.87. The molecule has 3 heterocycles. The van der Waals surface area contributed by atoms with E-state index < -0.39 is 9.84 Å². The van der Waals surface area contributed by atoms with Gasteiger partial charge < -0.3 is 4.90 Å². The van der Waals surface area contributed by atoms with E-state index in [2.05, 4.69) is 10.00 Å². The molecule has 2 aliphatic rings. The zero-order valence-electron chi connectivity index (χ0n) is 15.2. The summed E-state index contributed by atoms with van der Waals surface area (Å²) in [5.41, 5.74) is 1.74. The molecule has 2 aliphatic heterocycles. The van der Waals surface area contributed by atoms with Crippen molar-refractivity contribution in [1.82, 2.24) is 19.6 Å². The molecule has 1 aromatic carbocycles. The van der Waals surface area contributed by atoms with Gasteiger partial charge >= 0.3 is 0 Å². The third-order valence-electron chi connectivity index (χ3n) is 5.39. The zero-order chi connectivity index (χ0) is 18.9. The lowest BCUT2D eigenvalue weighted by Gasteiger charge is -2.37. The summed E-state index contributed by atoms with van der Waals surface area (Å²) in [6, 6.07) is 10.1. The Labute approximate surface area is 159 Å². The van der Waals surface area contributed by atoms with Crippen molar-refractivity contribution in [3.8, 4) is 0 Å². The van der Waals surface area contributed by atoms with Crippen LogP contribution in [-0.2, 0) is 16.4 Å². The van der Waals surface area contributed by atoms with E-state index >= 15 is 0 Å². The lowest BCUT2D eigenvalue weighted by atomic mass is 10.2. The van der Waals surface area contributed by atoms with Crippen LogP contribution < -0.4 is 0 Å². The number of benzene rings is 1. The number of piperazine rings is 1. The molecule has 0 spiro atoms. The van der Waals surface area contributed by atoms with E-state index in [-0.39, 0.29) is 23.5 Å². The summed E-state index contributed by atoms with van der Waals surface area (Å²) in [5.74, 6) is 0.540. The Morgan fingerprint density at radius 3 is 2.52 bits per heavy atom. The minimum atomic E-state index is -2.87. The SMILES string of the molecule is O=C(c1cnn(Cc2ccccc2)c1)N1CCN([C@@H]2CCS(=O)(=O)C2)CC1. The monoisotopic (exact) mass is 388 g/mol. The first-order valence-electron chi connectivity index (χ1n) is 9.30. The third-order valence-corrected chi connectivity index (χ3v) is 7.14. The molecule has 7 nitrogen and oxygen atoms in total. The Morgan fingerprint density at radius 2 is 1.85 bits per heavy atom. The van der Waals surface area contributed by atoms with E-state index in [0.717, 1.165) is 18.7 Å². The highest BCUT2D eigenvalue weighted by Crippen LogP contribution is 2.20. The van der Waals surface area contributed by atoms with Gasteiger partial charge in [0.05, 0.1) is 29.8 Å². The maximum atomic E-state index is 12.8. The maximum absolute atomic E-state index is 12.8. The van der Waals surface area contributed by atoms with Crippen LogP contribution in [0.25, 0.3) is 0 Å². The minimum Gasteiger partial charge on any atom is -0.336 e. The van der Waals surface area contributed by atoms with E-state index in [1.807, 2.05) is 35.2 Å². The van der Waals surface area contributed by atoms with E-state index in [1.54, 1.807) is 17.1 Å². The largest absolute Gasteiger partial charge is 0.336 e. The van der Waals surface area contributed by atoms with E-state index in [1.165, 1.54) is 0 Å². The van der Waals surface area contributed by atoms with Crippen LogP contribution in [0.15, 0.2) is 42.7 Å². The number of amides is 1. The Bertz CT molecular complexity index is 902. The van der Waals surface area contributed by atoms with Crippen LogP contribution in [0.5, 0.6) is 0 Å². The van der Waals surface area contributed by atoms with Crippen molar-refractivity contribution in [3.05, 3.63) is 53.9 Å². The van der Waals surface area contributed by atoms with Crippen LogP contribution in [0.1, 0.15) is 22.3 Å². The fraction of sp³-hybridized carbons (Fsp3) is 0.474. The van der Waals surface area contributed by atoms with Gasteiger partial charge in [-0.25, -0.2) is 8.42 Å². The van der Waals surface area contributed by atoms with Crippen LogP contribution in [0.4, 0.5) is 0 Å². The Balaban J connectivity index is 1.33. The van der Waals surface area contributed by atoms with Gasteiger partial charge in [-0.2, -0.15) is 5.10 Å². The van der Waals surface area contributed by atoms with E-state index in [9.17, 15) is 13.2 Å². The Hall–Kier alpha value is -2.19. The summed E-state index contributed by atoms with van der Waals surface area (Å²) >= 11 is 0. The van der Waals surface area contributed by atoms with Crippen LogP contribution in [-0.4, -0.2) is 77.6 Å². The number of nitrogens with zero attached hydrogens (tertiary/aromatic N) is 4. The molecular formula is C19H24N4O3S. The molecule has 1 atom stereocenters. The molecular weight excluding hydrogens is 364 g/mol. The first-order valence-corrected chi connectivity index (χ1v) is 11.1. The van der Waals surface area contributed by atoms with Crippen LogP contribution >= 0.6 is 0 Å². The minimum absolute atomic E-state index is 0.00648. The van der Waals surface area contributed by atoms with Gasteiger partial charge in [0, 0.05) is 38.4 Å². The average molecular weight is 388 g/mol. The summed E-state index contributed by atoms with van der Waals surface area (Å²) in [4.78, 5) is 16.8. The second-order valence-corrected chi connectivity index (χ2v) is 9.53. The van der Waals surface area contributed by atoms with Crippen molar-refractivity contribution in [1.29, 1.82) is 0 Å². The molecule has 1 amide bonds. The summed E-state index contributed by atoms with van der Waals surface area (Å²) < 4.78 is 25.1. The lowest BCUT2D eigenvalue weighted by molar-refractivity contribution is 0.0587. The first kappa shape index (κ1) is 18.2. The fourth-order valence-corrected chi connectivity index (χ4v) is 5.63. The standard InChI is InChI=1S/C19H24N4O3S/c24-19(17-12-20-23(14-17)13-16-4-2-1-3-5-16)22-9-7-21(8-10-22)18-6-11-27(25,26)15-18/h1-5,12,14,18H,6-11,13,15H2/t18-/m1/s1. The summed E-state index contributed by atoms with van der Waals surface area (Å²) in [6.45, 7) is 3.34. The normalized spacial score (nSPS) is 22.8. The molecule has 0 aliphatic carbocycles. The molecule has 0 saturated carbocycles. The smallest absolute Gasteiger partial charge is 0.257 e. The highest BCUT2D eigenvalue weighted by Gasteiger charge is 2.34. The molecule has 0 bridgehead atoms. The molecule has 1 aromatic heterocycles. The van der Waals surface area contributed by atoms with Gasteiger partial charge in [0.15, 0.2) is 9.84 Å². The quantitative estimate of drug-likeness (QED) is 0.777. The molecule has 0 radical (unpaired) electrons. The number of sulfone groups is 1. The number of aromatic nitrogens is 2. The van der Waals surface area contributed by atoms with Gasteiger partial charge in [0.25, 0.3) is 5.91 Å². The van der Waals surface area contributed by atoms with Gasteiger partial charge in [-0.3, -0.25) is 14.4 Å². The van der Waals surface area contributed by atoms with Gasteiger partial charge in [0.1, 0.15) is 0 Å². The zero-order valence-corrected chi connectivity index (χ0v) is 16.0. The molecule has 144 valence electrons. The number of carbonyl (C=O) groups is 1. The lowest BCUT2D eigenvalue weighted by Crippen LogP contribution is -2.52. The predicted octanol–water partition coefficient (Wildman–Crippen LogP) is 0.876. The topological polar surface area (TPSA) is 75.5 Å². The second kappa shape index (κ2) is 7.44. The number of carbonyl (C=O) groups excluding carboxylic acids is 1. The van der Waals surface area contributed by atoms with Crippen LogP contribution in [0.2, 0.25) is 0 Å². The molecule has 2 fully saturated rings. The molecule has 0 N–H and O–H groups in total. The first-order chi connectivity index (χ1) is 13.0. The molecule has 8 heteroatoms. The summed E-state index contributed by atoms with van der Waals surface area (Å²) in [6.07, 6.45) is 4.13. The predicted molar refractivity (Wildman–Crippen MR) is 102 cm³/mol. The van der Waals surface area contributed by atoms with Gasteiger partial charge in [-0.05, 0) is 12.0 Å². The molecule has 0 unspecified atom stereocenters. The Kier molecular flexibility index (Phi) is 5.01. The summed E-state index contributed by atoms with van der Waals surface area (Å²) in [5, 5.41) is 4.31. The maximum Gasteiger partial charge on any atom is 0.257 e. The number of rotatable bonds is 4. The van der Waals surface area contributed by atoms with Gasteiger partial charge in [-0.15, -0.1) is 0 Å². The number of hydrogen-bond acceptors (Lipinski definition) is 5. The van der Waals surface area contributed by atoms with Crippen molar-refractivity contribution in [2.45, 2.75) is 19.0 Å².